The predicted molar refractivity (Wildman–Crippen MR) is 37.9 cm³/mol. The van der Waals surface area contributed by atoms with Gasteiger partial charge in [-0.2, -0.15) is 0 Å². The third-order valence-corrected chi connectivity index (χ3v) is 1.33. The van der Waals surface area contributed by atoms with Crippen LogP contribution in [0.5, 0.6) is 0 Å². The van der Waals surface area contributed by atoms with Crippen molar-refractivity contribution in [2.75, 3.05) is 0 Å². The largest absolute Gasteiger partial charge is 0.480 e. The summed E-state index contributed by atoms with van der Waals surface area (Å²) in [6.45, 7) is 2.92. The van der Waals surface area contributed by atoms with Gasteiger partial charge in [-0.3, -0.25) is 10.1 Å². The average Bonchev–Trinajstić information content (AvgIpc) is 1.87. The molecule has 11 heavy (non-hydrogen) atoms. The van der Waals surface area contributed by atoms with Crippen molar-refractivity contribution in [1.82, 2.24) is 5.32 Å². The number of aliphatic hydroxyl groups is 2. The Kier molecular flexibility index (Phi) is 4.02. The summed E-state index contributed by atoms with van der Waals surface area (Å²) in [5.41, 5.74) is 0. The molecule has 2 atom stereocenters. The first-order valence-corrected chi connectivity index (χ1v) is 3.30. The minimum atomic E-state index is -1.53. The van der Waals surface area contributed by atoms with Gasteiger partial charge in [-0.05, 0) is 13.8 Å². The van der Waals surface area contributed by atoms with Crippen molar-refractivity contribution in [2.24, 2.45) is 0 Å². The third kappa shape index (κ3) is 3.92. The Morgan fingerprint density at radius 2 is 1.82 bits per heavy atom. The molecular formula is C6H13NO4. The first kappa shape index (κ1) is 10.3. The lowest BCUT2D eigenvalue weighted by atomic mass is 10.2. The lowest BCUT2D eigenvalue weighted by Gasteiger charge is -2.17. The summed E-state index contributed by atoms with van der Waals surface area (Å²) in [6, 6.07) is -1.41. The second-order valence-corrected chi connectivity index (χ2v) is 2.43. The maximum absolute atomic E-state index is 10.2. The number of rotatable bonds is 4. The van der Waals surface area contributed by atoms with Crippen LogP contribution in [0.25, 0.3) is 0 Å². The molecule has 4 N–H and O–H groups in total. The van der Waals surface area contributed by atoms with Crippen molar-refractivity contribution >= 4 is 5.97 Å². The Bertz CT molecular complexity index is 137. The molecule has 5 nitrogen and oxygen atoms in total. The van der Waals surface area contributed by atoms with Crippen molar-refractivity contribution in [3.63, 3.8) is 0 Å². The number of nitrogens with one attached hydrogen (secondary N) is 1. The van der Waals surface area contributed by atoms with Crippen LogP contribution in [0.2, 0.25) is 0 Å². The number of hydrogen-bond acceptors (Lipinski definition) is 4. The Morgan fingerprint density at radius 3 is 2.09 bits per heavy atom. The highest BCUT2D eigenvalue weighted by Crippen LogP contribution is 1.90. The highest BCUT2D eigenvalue weighted by atomic mass is 16.5. The summed E-state index contributed by atoms with van der Waals surface area (Å²) >= 11 is 0. The quantitative estimate of drug-likeness (QED) is 0.389. The van der Waals surface area contributed by atoms with Gasteiger partial charge in [0.2, 0.25) is 0 Å². The molecule has 0 heterocycles. The molecule has 66 valence electrons. The molecule has 0 fully saturated rings. The molecule has 0 saturated carbocycles. The topological polar surface area (TPSA) is 89.8 Å². The molecule has 0 amide bonds. The Balaban J connectivity index is 3.75. The fraction of sp³-hybridized carbons (Fsp3) is 0.833. The van der Waals surface area contributed by atoms with Crippen LogP contribution in [0.1, 0.15) is 13.8 Å². The van der Waals surface area contributed by atoms with Crippen molar-refractivity contribution in [3.8, 4) is 0 Å². The molecule has 0 aliphatic rings. The highest BCUT2D eigenvalue weighted by molar-refractivity contribution is 5.72. The van der Waals surface area contributed by atoms with E-state index in [-0.39, 0.29) is 0 Å². The summed E-state index contributed by atoms with van der Waals surface area (Å²) in [7, 11) is 0. The van der Waals surface area contributed by atoms with E-state index >= 15 is 0 Å². The van der Waals surface area contributed by atoms with Gasteiger partial charge in [0.1, 0.15) is 6.04 Å². The number of carboxylic acids is 1. The van der Waals surface area contributed by atoms with Crippen LogP contribution in [0.4, 0.5) is 0 Å². The predicted octanol–water partition coefficient (Wildman–Crippen LogP) is -1.25. The van der Waals surface area contributed by atoms with E-state index < -0.39 is 24.3 Å². The van der Waals surface area contributed by atoms with Gasteiger partial charge >= 0.3 is 5.97 Å². The monoisotopic (exact) mass is 163 g/mol. The average molecular weight is 163 g/mol. The molecule has 0 aromatic rings. The van der Waals surface area contributed by atoms with Crippen LogP contribution in [0.3, 0.4) is 0 Å². The zero-order valence-corrected chi connectivity index (χ0v) is 6.48. The molecule has 5 heteroatoms. The SMILES string of the molecule is C[C@H](N[C@H](C)C(O)O)C(=O)O. The fourth-order valence-electron chi connectivity index (χ4n) is 0.552. The zero-order chi connectivity index (χ0) is 9.02. The molecule has 0 saturated heterocycles. The number of hydrogen-bond donors (Lipinski definition) is 4. The number of carboxylic acid groups (broad SMARTS) is 1. The van der Waals surface area contributed by atoms with E-state index in [1.54, 1.807) is 0 Å². The lowest BCUT2D eigenvalue weighted by molar-refractivity contribution is -0.140. The van der Waals surface area contributed by atoms with E-state index in [0.717, 1.165) is 0 Å². The van der Waals surface area contributed by atoms with Gasteiger partial charge in [0, 0.05) is 0 Å². The zero-order valence-electron chi connectivity index (χ0n) is 6.48. The van der Waals surface area contributed by atoms with Crippen LogP contribution in [0.15, 0.2) is 0 Å². The second kappa shape index (κ2) is 4.27. The highest BCUT2D eigenvalue weighted by Gasteiger charge is 2.17. The van der Waals surface area contributed by atoms with Crippen molar-refractivity contribution in [1.29, 1.82) is 0 Å². The molecule has 0 aromatic heterocycles. The van der Waals surface area contributed by atoms with Gasteiger partial charge in [-0.1, -0.05) is 0 Å². The first-order chi connectivity index (χ1) is 4.95. The summed E-state index contributed by atoms with van der Waals surface area (Å²) in [5, 5.41) is 28.0. The third-order valence-electron chi connectivity index (χ3n) is 1.33. The molecule has 0 aromatic carbocycles. The number of aliphatic hydroxyl groups excluding tert-OH is 1. The van der Waals surface area contributed by atoms with Crippen molar-refractivity contribution < 1.29 is 20.1 Å². The molecule has 0 spiro atoms. The molecule has 0 aliphatic carbocycles. The minimum Gasteiger partial charge on any atom is -0.480 e. The van der Waals surface area contributed by atoms with Gasteiger partial charge < -0.3 is 15.3 Å². The van der Waals surface area contributed by atoms with Crippen molar-refractivity contribution in [2.45, 2.75) is 32.2 Å². The van der Waals surface area contributed by atoms with Crippen molar-refractivity contribution in [3.05, 3.63) is 0 Å². The van der Waals surface area contributed by atoms with E-state index in [2.05, 4.69) is 5.32 Å². The van der Waals surface area contributed by atoms with Gasteiger partial charge in [-0.15, -0.1) is 0 Å². The molecule has 0 unspecified atom stereocenters. The summed E-state index contributed by atoms with van der Waals surface area (Å²) in [5.74, 6) is -1.02. The number of aliphatic carboxylic acids is 1. The lowest BCUT2D eigenvalue weighted by Crippen LogP contribution is -2.45. The summed E-state index contributed by atoms with van der Waals surface area (Å²) in [4.78, 5) is 10.2. The van der Waals surface area contributed by atoms with E-state index in [4.69, 9.17) is 15.3 Å². The molecular weight excluding hydrogens is 150 g/mol. The van der Waals surface area contributed by atoms with E-state index in [1.165, 1.54) is 13.8 Å². The Morgan fingerprint density at radius 1 is 1.36 bits per heavy atom. The maximum Gasteiger partial charge on any atom is 0.320 e. The van der Waals surface area contributed by atoms with Crippen LogP contribution in [-0.2, 0) is 4.79 Å². The Labute approximate surface area is 64.7 Å². The minimum absolute atomic E-state index is 0.638. The normalized spacial score (nSPS) is 16.5. The summed E-state index contributed by atoms with van der Waals surface area (Å²) in [6.07, 6.45) is -1.53. The van der Waals surface area contributed by atoms with Gasteiger partial charge in [0.05, 0.1) is 6.04 Å². The second-order valence-electron chi connectivity index (χ2n) is 2.43. The first-order valence-electron chi connectivity index (χ1n) is 3.30. The van der Waals surface area contributed by atoms with Crippen LogP contribution >= 0.6 is 0 Å². The van der Waals surface area contributed by atoms with Crippen LogP contribution < -0.4 is 5.32 Å². The van der Waals surface area contributed by atoms with Gasteiger partial charge in [0.15, 0.2) is 6.29 Å². The molecule has 0 rings (SSSR count). The van der Waals surface area contributed by atoms with E-state index in [0.29, 0.717) is 0 Å². The van der Waals surface area contributed by atoms with Gasteiger partial charge in [-0.25, -0.2) is 0 Å². The molecule has 0 bridgehead atoms. The number of carbonyl (C=O) groups is 1. The van der Waals surface area contributed by atoms with E-state index in [1.807, 2.05) is 0 Å². The maximum atomic E-state index is 10.2. The fourth-order valence-corrected chi connectivity index (χ4v) is 0.552. The van der Waals surface area contributed by atoms with Crippen LogP contribution in [0, 0.1) is 0 Å². The van der Waals surface area contributed by atoms with Gasteiger partial charge in [0.25, 0.3) is 0 Å². The standard InChI is InChI=1S/C6H13NO4/c1-3(5(8)9)7-4(2)6(10)11/h3-5,7-9H,1-2H3,(H,10,11)/t3-,4+/m1/s1. The molecule has 0 aliphatic heterocycles. The summed E-state index contributed by atoms with van der Waals surface area (Å²) < 4.78 is 0. The Hall–Kier alpha value is -0.650. The van der Waals surface area contributed by atoms with Crippen LogP contribution in [-0.4, -0.2) is 39.7 Å². The smallest absolute Gasteiger partial charge is 0.320 e. The molecule has 0 radical (unpaired) electrons. The van der Waals surface area contributed by atoms with E-state index in [9.17, 15) is 4.79 Å².